The highest BCUT2D eigenvalue weighted by atomic mass is 28.4. The van der Waals surface area contributed by atoms with Crippen LogP contribution in [0.3, 0.4) is 0 Å². The number of carbonyl (C=O) groups excluding carboxylic acids is 1. The molecule has 3 N–H and O–H groups in total. The zero-order valence-electron chi connectivity index (χ0n) is 25.7. The molecule has 1 aliphatic heterocycles. The predicted molar refractivity (Wildman–Crippen MR) is 175 cm³/mol. The molecule has 234 valence electrons. The molecular formula is C35H35N5O5Si. The fourth-order valence-corrected chi connectivity index (χ4v) is 10.9. The summed E-state index contributed by atoms with van der Waals surface area (Å²) in [5, 5.41) is 42.2. The summed E-state index contributed by atoms with van der Waals surface area (Å²) < 4.78 is 14.7. The molecule has 46 heavy (non-hydrogen) atoms. The number of aliphatic hydroxyl groups is 2. The lowest BCUT2D eigenvalue weighted by atomic mass is 9.92. The molecule has 5 aromatic rings. The summed E-state index contributed by atoms with van der Waals surface area (Å²) in [4.78, 5) is 17.1. The number of hydrogen-bond acceptors (Lipinski definition) is 8. The fourth-order valence-electron chi connectivity index (χ4n) is 6.37. The lowest BCUT2D eigenvalue weighted by molar-refractivity contribution is -0.0622. The average molecular weight is 634 g/mol. The van der Waals surface area contributed by atoms with Gasteiger partial charge in [-0.3, -0.25) is 4.79 Å². The van der Waals surface area contributed by atoms with Crippen molar-refractivity contribution >= 4 is 35.9 Å². The molecule has 1 amide bonds. The molecule has 0 aliphatic carbocycles. The van der Waals surface area contributed by atoms with E-state index in [9.17, 15) is 20.3 Å². The van der Waals surface area contributed by atoms with Gasteiger partial charge in [0.15, 0.2) is 5.82 Å². The molecule has 1 aliphatic rings. The maximum Gasteiger partial charge on any atom is 0.261 e. The molecule has 0 radical (unpaired) electrons. The van der Waals surface area contributed by atoms with E-state index in [-0.39, 0.29) is 29.1 Å². The highest BCUT2D eigenvalue weighted by molar-refractivity contribution is 6.99. The third-order valence-electron chi connectivity index (χ3n) is 8.61. The molecule has 0 saturated carbocycles. The number of anilines is 1. The van der Waals surface area contributed by atoms with Crippen LogP contribution in [-0.2, 0) is 14.8 Å². The minimum Gasteiger partial charge on any atom is -0.405 e. The highest BCUT2D eigenvalue weighted by Gasteiger charge is 2.59. The van der Waals surface area contributed by atoms with Crippen LogP contribution in [0.15, 0.2) is 109 Å². The van der Waals surface area contributed by atoms with Crippen molar-refractivity contribution in [1.29, 1.82) is 5.26 Å². The van der Waals surface area contributed by atoms with Crippen molar-refractivity contribution in [2.75, 3.05) is 11.9 Å². The Morgan fingerprint density at radius 2 is 1.57 bits per heavy atom. The van der Waals surface area contributed by atoms with Gasteiger partial charge in [-0.1, -0.05) is 99.6 Å². The largest absolute Gasteiger partial charge is 0.405 e. The zero-order valence-corrected chi connectivity index (χ0v) is 26.7. The number of hydrogen-bond donors (Lipinski definition) is 3. The van der Waals surface area contributed by atoms with Crippen LogP contribution in [0.1, 0.15) is 36.8 Å². The minimum atomic E-state index is -3.01. The maximum atomic E-state index is 12.9. The molecule has 0 unspecified atom stereocenters. The summed E-state index contributed by atoms with van der Waals surface area (Å²) in [5.74, 6) is -0.158. The number of nitrogens with zero attached hydrogens (tertiary/aromatic N) is 4. The van der Waals surface area contributed by atoms with Gasteiger partial charge in [-0.2, -0.15) is 10.4 Å². The van der Waals surface area contributed by atoms with Crippen LogP contribution in [-0.4, -0.2) is 64.0 Å². The van der Waals surface area contributed by atoms with E-state index < -0.39 is 32.2 Å². The Balaban J connectivity index is 1.33. The second-order valence-corrected chi connectivity index (χ2v) is 16.7. The number of nitriles is 1. The second-order valence-electron chi connectivity index (χ2n) is 12.4. The number of fused-ring (bicyclic) bond motifs is 1. The van der Waals surface area contributed by atoms with E-state index >= 15 is 0 Å². The predicted octanol–water partition coefficient (Wildman–Crippen LogP) is 3.40. The first-order chi connectivity index (χ1) is 22.1. The van der Waals surface area contributed by atoms with Gasteiger partial charge in [-0.15, -0.1) is 0 Å². The van der Waals surface area contributed by atoms with Crippen molar-refractivity contribution < 1.29 is 24.2 Å². The fraction of sp³-hybridized carbons (Fsp3) is 0.257. The third kappa shape index (κ3) is 5.20. The van der Waals surface area contributed by atoms with Gasteiger partial charge in [0.05, 0.1) is 12.3 Å². The summed E-state index contributed by atoms with van der Waals surface area (Å²) in [6.45, 7) is 6.34. The molecular weight excluding hydrogens is 599 g/mol. The summed E-state index contributed by atoms with van der Waals surface area (Å²) in [6, 6.07) is 34.1. The smallest absolute Gasteiger partial charge is 0.261 e. The quantitative estimate of drug-likeness (QED) is 0.221. The first-order valence-corrected chi connectivity index (χ1v) is 16.9. The van der Waals surface area contributed by atoms with E-state index in [0.29, 0.717) is 11.1 Å². The minimum absolute atomic E-state index is 0.0778. The first kappa shape index (κ1) is 31.3. The van der Waals surface area contributed by atoms with Crippen molar-refractivity contribution in [2.45, 2.75) is 49.7 Å². The van der Waals surface area contributed by atoms with Crippen molar-refractivity contribution in [2.24, 2.45) is 0 Å². The number of nitrogens with one attached hydrogen (secondary N) is 1. The maximum absolute atomic E-state index is 12.9. The Labute approximate surface area is 268 Å². The monoisotopic (exact) mass is 633 g/mol. The first-order valence-electron chi connectivity index (χ1n) is 15.0. The molecule has 3 aromatic carbocycles. The van der Waals surface area contributed by atoms with Gasteiger partial charge in [0.25, 0.3) is 14.2 Å². The van der Waals surface area contributed by atoms with Gasteiger partial charge in [-0.25, -0.2) is 9.50 Å². The van der Waals surface area contributed by atoms with E-state index in [1.807, 2.05) is 42.5 Å². The number of aromatic nitrogens is 3. The summed E-state index contributed by atoms with van der Waals surface area (Å²) >= 11 is 0. The topological polar surface area (TPSA) is 142 Å². The Bertz CT molecular complexity index is 1830. The van der Waals surface area contributed by atoms with Gasteiger partial charge >= 0.3 is 0 Å². The number of ether oxygens (including phenoxy) is 1. The second kappa shape index (κ2) is 12.2. The Morgan fingerprint density at radius 3 is 2.13 bits per heavy atom. The van der Waals surface area contributed by atoms with Crippen molar-refractivity contribution in [3.8, 4) is 6.07 Å². The SMILES string of the molecule is CC(C)(C)[Si](OC[C@H]1O[C@@](C#N)(c2ccc3c(NC(=O)c4ccccc4)ncnn23)[C@H](O)[C@@H]1O)(c1ccccc1)c1ccccc1. The Kier molecular flexibility index (Phi) is 8.33. The van der Waals surface area contributed by atoms with Gasteiger partial charge in [0.2, 0.25) is 5.60 Å². The normalized spacial score (nSPS) is 21.6. The molecule has 1 saturated heterocycles. The Hall–Kier alpha value is -4.70. The highest BCUT2D eigenvalue weighted by Crippen LogP contribution is 2.42. The molecule has 11 heteroatoms. The van der Waals surface area contributed by atoms with E-state index in [2.05, 4.69) is 66.5 Å². The molecule has 3 heterocycles. The van der Waals surface area contributed by atoms with Crippen LogP contribution in [0.5, 0.6) is 0 Å². The molecule has 2 aromatic heterocycles. The van der Waals surface area contributed by atoms with E-state index in [1.165, 1.54) is 10.8 Å². The molecule has 0 bridgehead atoms. The standard InChI is InChI=1S/C35H35N5O5Si/c1-34(2,3)46(25-15-9-5-10-16-25,26-17-11-6-12-18-26)44-21-28-30(41)31(42)35(22-36,45-28)29-20-19-27-32(37-23-38-40(27)29)39-33(43)24-13-7-4-8-14-24/h4-20,23,28,30-31,41-42H,21H2,1-3H3,(H,37,38,39,43)/t28-,30-,31-,35+/m1/s1. The van der Waals surface area contributed by atoms with E-state index in [4.69, 9.17) is 9.16 Å². The van der Waals surface area contributed by atoms with E-state index in [1.54, 1.807) is 36.4 Å². The average Bonchev–Trinajstić information content (AvgIpc) is 3.62. The van der Waals surface area contributed by atoms with Crippen molar-refractivity contribution in [3.63, 3.8) is 0 Å². The summed E-state index contributed by atoms with van der Waals surface area (Å²) in [7, 11) is -3.01. The number of carbonyl (C=O) groups is 1. The van der Waals surface area contributed by atoms with Gasteiger partial charge in [-0.05, 0) is 39.7 Å². The lowest BCUT2D eigenvalue weighted by Gasteiger charge is -2.43. The molecule has 4 atom stereocenters. The van der Waals surface area contributed by atoms with Crippen molar-refractivity contribution in [1.82, 2.24) is 14.6 Å². The number of amides is 1. The number of benzene rings is 3. The zero-order chi connectivity index (χ0) is 32.5. The van der Waals surface area contributed by atoms with Gasteiger partial charge in [0.1, 0.15) is 36.2 Å². The number of rotatable bonds is 8. The van der Waals surface area contributed by atoms with Crippen LogP contribution >= 0.6 is 0 Å². The molecule has 6 rings (SSSR count). The van der Waals surface area contributed by atoms with Crippen LogP contribution in [0.4, 0.5) is 5.82 Å². The molecule has 1 fully saturated rings. The van der Waals surface area contributed by atoms with Crippen LogP contribution in [0.25, 0.3) is 5.52 Å². The van der Waals surface area contributed by atoms with Gasteiger partial charge in [0, 0.05) is 5.56 Å². The summed E-state index contributed by atoms with van der Waals surface area (Å²) in [6.07, 6.45) is -2.87. The molecule has 10 nitrogen and oxygen atoms in total. The molecule has 0 spiro atoms. The van der Waals surface area contributed by atoms with Gasteiger partial charge < -0.3 is 24.7 Å². The number of aliphatic hydroxyl groups excluding tert-OH is 2. The summed E-state index contributed by atoms with van der Waals surface area (Å²) in [5.41, 5.74) is -0.975. The van der Waals surface area contributed by atoms with Crippen LogP contribution in [0, 0.1) is 11.3 Å². The van der Waals surface area contributed by atoms with E-state index in [0.717, 1.165) is 10.4 Å². The third-order valence-corrected chi connectivity index (χ3v) is 13.6. The van der Waals surface area contributed by atoms with Crippen molar-refractivity contribution in [3.05, 3.63) is 121 Å². The Morgan fingerprint density at radius 1 is 0.978 bits per heavy atom. The van der Waals surface area contributed by atoms with Crippen LogP contribution in [0.2, 0.25) is 5.04 Å². The lowest BCUT2D eigenvalue weighted by Crippen LogP contribution is -2.67. The van der Waals surface area contributed by atoms with Crippen LogP contribution < -0.4 is 15.7 Å².